The number of aromatic nitrogens is 4. The number of imidazole rings is 1. The Morgan fingerprint density at radius 2 is 2.24 bits per heavy atom. The molecule has 0 aromatic carbocycles. The lowest BCUT2D eigenvalue weighted by Crippen LogP contribution is -2.48. The maximum absolute atomic E-state index is 11.6. The molecule has 112 valence electrons. The Kier molecular flexibility index (Phi) is 3.29. The van der Waals surface area contributed by atoms with Gasteiger partial charge in [-0.15, -0.1) is 0 Å². The molecule has 0 bridgehead atoms. The monoisotopic (exact) mass is 326 g/mol. The molecular weight excluding hydrogens is 312 g/mol. The molecule has 2 aromatic heterocycles. The van der Waals surface area contributed by atoms with Crippen LogP contribution in [0.2, 0.25) is 0 Å². The Morgan fingerprint density at radius 1 is 1.43 bits per heavy atom. The topological polar surface area (TPSA) is 113 Å². The summed E-state index contributed by atoms with van der Waals surface area (Å²) >= 11 is 5.24. The maximum Gasteiger partial charge on any atom is 0.182 e. The fourth-order valence-electron chi connectivity index (χ4n) is 2.38. The van der Waals surface area contributed by atoms with Crippen molar-refractivity contribution in [2.45, 2.75) is 18.9 Å². The number of nitrogens with one attached hydrogen (secondary N) is 3. The molecule has 21 heavy (non-hydrogen) atoms. The number of fused-ring (bicyclic) bond motifs is 1. The Balaban J connectivity index is 1.74. The Bertz CT molecular complexity index is 802. The second kappa shape index (κ2) is 4.88. The quantitative estimate of drug-likeness (QED) is 0.672. The van der Waals surface area contributed by atoms with E-state index in [-0.39, 0.29) is 11.5 Å². The molecule has 0 aliphatic carbocycles. The van der Waals surface area contributed by atoms with Crippen LogP contribution in [-0.2, 0) is 9.84 Å². The third kappa shape index (κ3) is 2.95. The van der Waals surface area contributed by atoms with Gasteiger partial charge in [-0.25, -0.2) is 23.4 Å². The van der Waals surface area contributed by atoms with Crippen LogP contribution in [0.15, 0.2) is 12.7 Å². The van der Waals surface area contributed by atoms with E-state index in [0.29, 0.717) is 28.5 Å². The minimum Gasteiger partial charge on any atom is -0.356 e. The third-order valence-corrected chi connectivity index (χ3v) is 5.48. The van der Waals surface area contributed by atoms with E-state index < -0.39 is 15.4 Å². The number of rotatable bonds is 2. The zero-order valence-electron chi connectivity index (χ0n) is 11.3. The number of hydrogen-bond donors (Lipinski definition) is 3. The first-order valence-electron chi connectivity index (χ1n) is 6.31. The number of hydrogen-bond acceptors (Lipinski definition) is 6. The average molecular weight is 326 g/mol. The van der Waals surface area contributed by atoms with Crippen LogP contribution in [0.5, 0.6) is 0 Å². The van der Waals surface area contributed by atoms with Crippen LogP contribution < -0.4 is 10.6 Å². The van der Waals surface area contributed by atoms with E-state index in [1.54, 1.807) is 0 Å². The minimum absolute atomic E-state index is 0.0745. The molecule has 3 N–H and O–H groups in total. The van der Waals surface area contributed by atoms with Gasteiger partial charge in [-0.1, -0.05) is 0 Å². The first-order chi connectivity index (χ1) is 9.87. The number of thiocarbonyl (C=S) groups is 1. The van der Waals surface area contributed by atoms with Gasteiger partial charge < -0.3 is 15.6 Å². The summed E-state index contributed by atoms with van der Waals surface area (Å²) in [7, 11) is -2.99. The van der Waals surface area contributed by atoms with Gasteiger partial charge in [0.15, 0.2) is 26.4 Å². The lowest BCUT2D eigenvalue weighted by Gasteiger charge is -2.25. The van der Waals surface area contributed by atoms with Crippen molar-refractivity contribution in [3.63, 3.8) is 0 Å². The first kappa shape index (κ1) is 14.1. The van der Waals surface area contributed by atoms with Gasteiger partial charge in [-0.3, -0.25) is 0 Å². The normalized spacial score (nSPS) is 24.0. The van der Waals surface area contributed by atoms with Crippen molar-refractivity contribution < 1.29 is 8.42 Å². The SMILES string of the molecule is C[C@@]1(NC(=S)Nc2ncnc3nc[nH]c23)CCS(=O)(=O)C1. The van der Waals surface area contributed by atoms with Gasteiger partial charge in [-0.05, 0) is 25.6 Å². The summed E-state index contributed by atoms with van der Waals surface area (Å²) in [5.74, 6) is 0.752. The third-order valence-electron chi connectivity index (χ3n) is 3.37. The molecule has 1 aliphatic heterocycles. The van der Waals surface area contributed by atoms with Crippen molar-refractivity contribution in [1.29, 1.82) is 0 Å². The van der Waals surface area contributed by atoms with Crippen LogP contribution in [-0.4, -0.2) is 50.5 Å². The lowest BCUT2D eigenvalue weighted by atomic mass is 10.0. The van der Waals surface area contributed by atoms with E-state index in [9.17, 15) is 8.42 Å². The fraction of sp³-hybridized carbons (Fsp3) is 0.455. The molecule has 0 saturated carbocycles. The van der Waals surface area contributed by atoms with Gasteiger partial charge >= 0.3 is 0 Å². The Hall–Kier alpha value is -1.81. The van der Waals surface area contributed by atoms with Crippen molar-refractivity contribution in [3.05, 3.63) is 12.7 Å². The predicted octanol–water partition coefficient (Wildman–Crippen LogP) is 0.217. The van der Waals surface area contributed by atoms with Crippen LogP contribution in [0.25, 0.3) is 11.2 Å². The van der Waals surface area contributed by atoms with Crippen molar-refractivity contribution in [2.75, 3.05) is 16.8 Å². The molecule has 1 saturated heterocycles. The van der Waals surface area contributed by atoms with E-state index in [4.69, 9.17) is 12.2 Å². The molecule has 10 heteroatoms. The summed E-state index contributed by atoms with van der Waals surface area (Å²) in [5, 5.41) is 6.34. The number of anilines is 1. The van der Waals surface area contributed by atoms with E-state index in [1.165, 1.54) is 12.7 Å². The van der Waals surface area contributed by atoms with Gasteiger partial charge in [0.25, 0.3) is 0 Å². The summed E-state index contributed by atoms with van der Waals surface area (Å²) < 4.78 is 23.2. The molecule has 0 spiro atoms. The predicted molar refractivity (Wildman–Crippen MR) is 82.7 cm³/mol. The highest BCUT2D eigenvalue weighted by atomic mass is 32.2. The summed E-state index contributed by atoms with van der Waals surface area (Å²) in [6, 6.07) is 0. The van der Waals surface area contributed by atoms with Crippen LogP contribution in [0.1, 0.15) is 13.3 Å². The smallest absolute Gasteiger partial charge is 0.182 e. The van der Waals surface area contributed by atoms with Gasteiger partial charge in [-0.2, -0.15) is 0 Å². The molecule has 1 fully saturated rings. The molecule has 0 radical (unpaired) electrons. The molecular formula is C11H14N6O2S2. The fourth-order valence-corrected chi connectivity index (χ4v) is 4.82. The Labute approximate surface area is 126 Å². The van der Waals surface area contributed by atoms with E-state index in [0.717, 1.165) is 0 Å². The van der Waals surface area contributed by atoms with Crippen molar-refractivity contribution in [1.82, 2.24) is 25.3 Å². The largest absolute Gasteiger partial charge is 0.356 e. The lowest BCUT2D eigenvalue weighted by molar-refractivity contribution is 0.474. The molecule has 1 atom stereocenters. The number of sulfone groups is 1. The van der Waals surface area contributed by atoms with Crippen molar-refractivity contribution >= 4 is 44.1 Å². The maximum atomic E-state index is 11.6. The first-order valence-corrected chi connectivity index (χ1v) is 8.54. The molecule has 3 heterocycles. The Morgan fingerprint density at radius 3 is 2.95 bits per heavy atom. The molecule has 0 amide bonds. The average Bonchev–Trinajstić information content (AvgIpc) is 2.94. The second-order valence-electron chi connectivity index (χ2n) is 5.31. The van der Waals surface area contributed by atoms with E-state index >= 15 is 0 Å². The highest BCUT2D eigenvalue weighted by Gasteiger charge is 2.38. The van der Waals surface area contributed by atoms with E-state index in [2.05, 4.69) is 30.6 Å². The molecule has 1 aliphatic rings. The van der Waals surface area contributed by atoms with Crippen LogP contribution in [0.3, 0.4) is 0 Å². The molecule has 2 aromatic rings. The summed E-state index contributed by atoms with van der Waals surface area (Å²) in [6.45, 7) is 1.84. The minimum atomic E-state index is -2.99. The highest BCUT2D eigenvalue weighted by molar-refractivity contribution is 7.91. The zero-order valence-corrected chi connectivity index (χ0v) is 12.9. The standard InChI is InChI=1S/C11H14N6O2S2/c1-11(2-3-21(18,19)4-11)17-10(20)16-9-7-8(13-5-12-7)14-6-15-9/h5-6H,2-4H2,1H3,(H3,12,13,14,15,16,17,20)/t11-/m1/s1. The highest BCUT2D eigenvalue weighted by Crippen LogP contribution is 2.23. The summed E-state index contributed by atoms with van der Waals surface area (Å²) in [6.07, 6.45) is 3.43. The zero-order chi connectivity index (χ0) is 15.1. The van der Waals surface area contributed by atoms with E-state index in [1.807, 2.05) is 6.92 Å². The van der Waals surface area contributed by atoms with Crippen molar-refractivity contribution in [3.8, 4) is 0 Å². The second-order valence-corrected chi connectivity index (χ2v) is 7.90. The molecule has 0 unspecified atom stereocenters. The van der Waals surface area contributed by atoms with Crippen molar-refractivity contribution in [2.24, 2.45) is 0 Å². The van der Waals surface area contributed by atoms with Gasteiger partial charge in [0.2, 0.25) is 0 Å². The van der Waals surface area contributed by atoms with Gasteiger partial charge in [0, 0.05) is 0 Å². The van der Waals surface area contributed by atoms with Gasteiger partial charge in [0.1, 0.15) is 11.8 Å². The van der Waals surface area contributed by atoms with Crippen LogP contribution in [0, 0.1) is 0 Å². The number of aromatic amines is 1. The molecule has 8 nitrogen and oxygen atoms in total. The van der Waals surface area contributed by atoms with Gasteiger partial charge in [0.05, 0.1) is 23.4 Å². The number of H-pyrrole nitrogens is 1. The van der Waals surface area contributed by atoms with Crippen LogP contribution in [0.4, 0.5) is 5.82 Å². The number of nitrogens with zero attached hydrogens (tertiary/aromatic N) is 3. The summed E-state index contributed by atoms with van der Waals surface area (Å²) in [5.41, 5.74) is 0.624. The molecule has 3 rings (SSSR count). The van der Waals surface area contributed by atoms with Crippen LogP contribution >= 0.6 is 12.2 Å². The summed E-state index contributed by atoms with van der Waals surface area (Å²) in [4.78, 5) is 15.1.